The maximum Gasteiger partial charge on any atom is 0.343 e. The first-order valence-electron chi connectivity index (χ1n) is 6.90. The number of aromatic nitrogens is 3. The summed E-state index contributed by atoms with van der Waals surface area (Å²) in [6, 6.07) is 6.28. The molecule has 0 aliphatic carbocycles. The maximum atomic E-state index is 13.4. The van der Waals surface area contributed by atoms with Crippen molar-refractivity contribution in [2.24, 2.45) is 0 Å². The summed E-state index contributed by atoms with van der Waals surface area (Å²) >= 11 is 1.17. The van der Waals surface area contributed by atoms with E-state index in [1.165, 1.54) is 22.4 Å². The maximum absolute atomic E-state index is 13.4. The second-order valence-electron chi connectivity index (χ2n) is 4.62. The summed E-state index contributed by atoms with van der Waals surface area (Å²) in [6.07, 6.45) is 0.798. The van der Waals surface area contributed by atoms with Gasteiger partial charge in [0.2, 0.25) is 5.91 Å². The molecule has 0 saturated heterocycles. The Hall–Kier alpha value is -2.09. The van der Waals surface area contributed by atoms with Crippen LogP contribution in [0.25, 0.3) is 0 Å². The lowest BCUT2D eigenvalue weighted by Crippen LogP contribution is -2.25. The molecule has 8 heteroatoms. The number of benzene rings is 1. The van der Waals surface area contributed by atoms with Gasteiger partial charge < -0.3 is 5.32 Å². The number of carbonyl (C=O) groups is 1. The summed E-state index contributed by atoms with van der Waals surface area (Å²) in [5, 5.41) is 9.38. The fourth-order valence-electron chi connectivity index (χ4n) is 1.85. The van der Waals surface area contributed by atoms with Crippen molar-refractivity contribution >= 4 is 17.7 Å². The highest BCUT2D eigenvalue weighted by atomic mass is 32.2. The molecule has 22 heavy (non-hydrogen) atoms. The Morgan fingerprint density at radius 2 is 2.23 bits per heavy atom. The molecule has 1 aromatic carbocycles. The number of nitrogens with zero attached hydrogens (tertiary/aromatic N) is 2. The van der Waals surface area contributed by atoms with Crippen LogP contribution in [0.5, 0.6) is 0 Å². The van der Waals surface area contributed by atoms with Crippen LogP contribution in [-0.4, -0.2) is 26.4 Å². The van der Waals surface area contributed by atoms with Crippen molar-refractivity contribution in [3.8, 4) is 0 Å². The van der Waals surface area contributed by atoms with Crippen molar-refractivity contribution in [3.63, 3.8) is 0 Å². The lowest BCUT2D eigenvalue weighted by atomic mass is 10.2. The number of thioether (sulfide) groups is 1. The van der Waals surface area contributed by atoms with E-state index in [1.807, 2.05) is 6.92 Å². The van der Waals surface area contributed by atoms with Crippen molar-refractivity contribution < 1.29 is 9.18 Å². The molecular weight excluding hydrogens is 307 g/mol. The molecule has 118 valence electrons. The highest BCUT2D eigenvalue weighted by Crippen LogP contribution is 2.13. The van der Waals surface area contributed by atoms with Crippen molar-refractivity contribution in [1.29, 1.82) is 0 Å². The summed E-state index contributed by atoms with van der Waals surface area (Å²) in [4.78, 5) is 23.3. The minimum Gasteiger partial charge on any atom is -0.351 e. The summed E-state index contributed by atoms with van der Waals surface area (Å²) in [5.74, 6) is -0.478. The molecule has 0 saturated carbocycles. The van der Waals surface area contributed by atoms with E-state index in [9.17, 15) is 14.0 Å². The van der Waals surface area contributed by atoms with Crippen molar-refractivity contribution in [2.75, 3.05) is 5.75 Å². The molecule has 2 rings (SSSR count). The van der Waals surface area contributed by atoms with E-state index < -0.39 is 0 Å². The van der Waals surface area contributed by atoms with E-state index in [2.05, 4.69) is 15.5 Å². The Bertz CT molecular complexity index is 698. The van der Waals surface area contributed by atoms with Crippen LogP contribution in [0.2, 0.25) is 0 Å². The summed E-state index contributed by atoms with van der Waals surface area (Å²) in [5.41, 5.74) is 0.152. The molecule has 1 aromatic heterocycles. The number of halogens is 1. The fourth-order valence-corrected chi connectivity index (χ4v) is 2.65. The third-order valence-corrected chi connectivity index (χ3v) is 3.91. The Morgan fingerprint density at radius 3 is 2.95 bits per heavy atom. The van der Waals surface area contributed by atoms with Gasteiger partial charge in [0.1, 0.15) is 5.82 Å². The van der Waals surface area contributed by atoms with Gasteiger partial charge in [-0.05, 0) is 12.5 Å². The van der Waals surface area contributed by atoms with E-state index in [1.54, 1.807) is 18.2 Å². The summed E-state index contributed by atoms with van der Waals surface area (Å²) < 4.78 is 14.9. The van der Waals surface area contributed by atoms with Crippen LogP contribution in [0.15, 0.2) is 34.2 Å². The molecule has 2 N–H and O–H groups in total. The Kier molecular flexibility index (Phi) is 5.76. The zero-order valence-corrected chi connectivity index (χ0v) is 13.0. The standard InChI is InChI=1S/C14H17FN4O2S/c1-2-7-19-13(21)17-18-14(19)22-9-12(20)16-8-10-5-3-4-6-11(10)15/h3-6H,2,7-9H2,1H3,(H,16,20)(H,17,21). The molecule has 0 fully saturated rings. The highest BCUT2D eigenvalue weighted by Gasteiger charge is 2.11. The van der Waals surface area contributed by atoms with Crippen LogP contribution in [0, 0.1) is 5.82 Å². The first-order valence-corrected chi connectivity index (χ1v) is 7.88. The van der Waals surface area contributed by atoms with Crippen LogP contribution < -0.4 is 11.0 Å². The lowest BCUT2D eigenvalue weighted by molar-refractivity contribution is -0.118. The lowest BCUT2D eigenvalue weighted by Gasteiger charge is -2.06. The average Bonchev–Trinajstić information content (AvgIpc) is 2.85. The Balaban J connectivity index is 1.86. The smallest absolute Gasteiger partial charge is 0.343 e. The summed E-state index contributed by atoms with van der Waals surface area (Å²) in [6.45, 7) is 2.64. The predicted octanol–water partition coefficient (Wildman–Crippen LogP) is 1.53. The van der Waals surface area contributed by atoms with Gasteiger partial charge in [-0.15, -0.1) is 5.10 Å². The number of amides is 1. The van der Waals surface area contributed by atoms with Gasteiger partial charge >= 0.3 is 5.69 Å². The predicted molar refractivity (Wildman–Crippen MR) is 82.1 cm³/mol. The Labute approximate surface area is 131 Å². The molecule has 0 atom stereocenters. The number of nitrogens with one attached hydrogen (secondary N) is 2. The minimum absolute atomic E-state index is 0.114. The fraction of sp³-hybridized carbons (Fsp3) is 0.357. The van der Waals surface area contributed by atoms with Gasteiger partial charge in [-0.25, -0.2) is 14.3 Å². The highest BCUT2D eigenvalue weighted by molar-refractivity contribution is 7.99. The van der Waals surface area contributed by atoms with Crippen molar-refractivity contribution in [3.05, 3.63) is 46.1 Å². The van der Waals surface area contributed by atoms with E-state index in [0.717, 1.165) is 6.42 Å². The van der Waals surface area contributed by atoms with E-state index in [4.69, 9.17) is 0 Å². The molecule has 0 radical (unpaired) electrons. The molecule has 6 nitrogen and oxygen atoms in total. The zero-order valence-electron chi connectivity index (χ0n) is 12.1. The van der Waals surface area contributed by atoms with Crippen LogP contribution in [0.3, 0.4) is 0 Å². The molecule has 1 heterocycles. The monoisotopic (exact) mass is 324 g/mol. The molecule has 0 aliphatic rings. The minimum atomic E-state index is -0.348. The average molecular weight is 324 g/mol. The number of aromatic amines is 1. The topological polar surface area (TPSA) is 79.8 Å². The summed E-state index contributed by atoms with van der Waals surface area (Å²) in [7, 11) is 0. The van der Waals surface area contributed by atoms with Gasteiger partial charge in [0.15, 0.2) is 5.16 Å². The number of H-pyrrole nitrogens is 1. The van der Waals surface area contributed by atoms with Crippen LogP contribution >= 0.6 is 11.8 Å². The molecular formula is C14H17FN4O2S. The molecule has 1 amide bonds. The van der Waals surface area contributed by atoms with Gasteiger partial charge in [0.25, 0.3) is 0 Å². The molecule has 0 spiro atoms. The molecule has 0 bridgehead atoms. The SMILES string of the molecule is CCCn1c(SCC(=O)NCc2ccccc2F)n[nH]c1=O. The largest absolute Gasteiger partial charge is 0.351 e. The van der Waals surface area contributed by atoms with Crippen molar-refractivity contribution in [1.82, 2.24) is 20.1 Å². The van der Waals surface area contributed by atoms with Crippen LogP contribution in [0.4, 0.5) is 4.39 Å². The van der Waals surface area contributed by atoms with E-state index in [-0.39, 0.29) is 29.7 Å². The first kappa shape index (κ1) is 16.3. The van der Waals surface area contributed by atoms with Gasteiger partial charge in [0.05, 0.1) is 5.75 Å². The second-order valence-corrected chi connectivity index (χ2v) is 5.56. The molecule has 0 aliphatic heterocycles. The zero-order chi connectivity index (χ0) is 15.9. The van der Waals surface area contributed by atoms with Crippen molar-refractivity contribution in [2.45, 2.75) is 31.6 Å². The van der Waals surface area contributed by atoms with Crippen LogP contribution in [-0.2, 0) is 17.9 Å². The Morgan fingerprint density at radius 1 is 1.45 bits per heavy atom. The van der Waals surface area contributed by atoms with Gasteiger partial charge in [-0.3, -0.25) is 9.36 Å². The first-order chi connectivity index (χ1) is 10.6. The second kappa shape index (κ2) is 7.79. The van der Waals surface area contributed by atoms with E-state index >= 15 is 0 Å². The normalized spacial score (nSPS) is 10.6. The van der Waals surface area contributed by atoms with E-state index in [0.29, 0.717) is 17.3 Å². The number of hydrogen-bond donors (Lipinski definition) is 2. The molecule has 0 unspecified atom stereocenters. The molecule has 2 aromatic rings. The third kappa shape index (κ3) is 4.20. The van der Waals surface area contributed by atoms with Crippen LogP contribution in [0.1, 0.15) is 18.9 Å². The van der Waals surface area contributed by atoms with Gasteiger partial charge in [0, 0.05) is 18.7 Å². The third-order valence-electron chi connectivity index (χ3n) is 2.94. The number of rotatable bonds is 7. The quantitative estimate of drug-likeness (QED) is 0.757. The van der Waals surface area contributed by atoms with Gasteiger partial charge in [-0.1, -0.05) is 36.9 Å². The number of hydrogen-bond acceptors (Lipinski definition) is 4. The number of carbonyl (C=O) groups excluding carboxylic acids is 1. The van der Waals surface area contributed by atoms with Gasteiger partial charge in [-0.2, -0.15) is 0 Å².